The summed E-state index contributed by atoms with van der Waals surface area (Å²) in [5, 5.41) is 92.6. The number of unbranched alkanes of at least 4 members (excludes halogenated alkanes) is 9. The highest BCUT2D eigenvalue weighted by Gasteiger charge is 2.40. The number of rotatable bonds is 27. The van der Waals surface area contributed by atoms with Gasteiger partial charge in [0, 0.05) is 6.61 Å². The molecule has 1 saturated heterocycles. The van der Waals surface area contributed by atoms with Crippen LogP contribution in [0.3, 0.4) is 0 Å². The number of ether oxygens (including phenoxy) is 1. The van der Waals surface area contributed by atoms with E-state index >= 15 is 0 Å². The molecule has 0 spiro atoms. The van der Waals surface area contributed by atoms with Crippen molar-refractivity contribution >= 4 is 76.7 Å². The van der Waals surface area contributed by atoms with E-state index in [2.05, 4.69) is 44.1 Å². The Morgan fingerprint density at radius 2 is 1.25 bits per heavy atom. The summed E-state index contributed by atoms with van der Waals surface area (Å²) in [6.45, 7) is 1.31. The maximum atomic E-state index is 14.0. The lowest BCUT2D eigenvalue weighted by Crippen LogP contribution is -2.62. The van der Waals surface area contributed by atoms with E-state index in [-0.39, 0.29) is 38.8 Å². The summed E-state index contributed by atoms with van der Waals surface area (Å²) in [5.41, 5.74) is 10.6. The number of cyclic esters (lactones) is 1. The third kappa shape index (κ3) is 27.5. The zero-order chi connectivity index (χ0) is 61.2. The van der Waals surface area contributed by atoms with Crippen molar-refractivity contribution in [3.63, 3.8) is 0 Å². The lowest BCUT2D eigenvalue weighted by atomic mass is 10.0. The lowest BCUT2D eigenvalue weighted by molar-refractivity contribution is -0.155. The smallest absolute Gasteiger partial charge is 0.335 e. The van der Waals surface area contributed by atoms with Crippen LogP contribution in [0.5, 0.6) is 0 Å². The van der Waals surface area contributed by atoms with Crippen molar-refractivity contribution in [3.05, 3.63) is 11.8 Å². The molecule has 462 valence electrons. The number of halogens is 1. The van der Waals surface area contributed by atoms with Gasteiger partial charge in [-0.2, -0.15) is 0 Å². The highest BCUT2D eigenvalue weighted by atomic mass is 35.5. The number of hydrogen-bond acceptors (Lipinski definition) is 20. The van der Waals surface area contributed by atoms with E-state index in [4.69, 9.17) is 27.8 Å². The number of amides is 9. The molecule has 0 radical (unpaired) electrons. The van der Waals surface area contributed by atoms with Gasteiger partial charge in [0.05, 0.1) is 43.3 Å². The largest absolute Gasteiger partial charge is 0.479 e. The molecule has 0 bridgehead atoms. The van der Waals surface area contributed by atoms with Crippen LogP contribution in [0.4, 0.5) is 0 Å². The normalized spacial score (nSPS) is 24.4. The summed E-state index contributed by atoms with van der Waals surface area (Å²) in [4.78, 5) is 148. The van der Waals surface area contributed by atoms with Crippen molar-refractivity contribution < 1.29 is 93.2 Å². The van der Waals surface area contributed by atoms with E-state index in [1.807, 2.05) is 10.6 Å². The summed E-state index contributed by atoms with van der Waals surface area (Å²) in [6, 6.07) is -13.5. The van der Waals surface area contributed by atoms with E-state index in [1.165, 1.54) is 19.8 Å². The molecule has 30 nitrogen and oxygen atoms in total. The predicted octanol–water partition coefficient (Wildman–Crippen LogP) is -5.61. The Morgan fingerprint density at radius 3 is 1.80 bits per heavy atom. The van der Waals surface area contributed by atoms with Crippen LogP contribution in [0, 0.1) is 0 Å². The number of esters is 1. The van der Waals surface area contributed by atoms with Crippen molar-refractivity contribution in [1.29, 1.82) is 0 Å². The number of alkyl halides is 1. The molecular weight excluding hydrogens is 1090 g/mol. The number of nitrogens with one attached hydrogen (secondary N) is 9. The second kappa shape index (κ2) is 40.1. The van der Waals surface area contributed by atoms with Gasteiger partial charge < -0.3 is 99.8 Å². The molecule has 31 heteroatoms. The fourth-order valence-corrected chi connectivity index (χ4v) is 8.16. The minimum Gasteiger partial charge on any atom is -0.479 e. The van der Waals surface area contributed by atoms with Crippen LogP contribution < -0.4 is 59.3 Å². The van der Waals surface area contributed by atoms with E-state index in [1.54, 1.807) is 0 Å². The van der Waals surface area contributed by atoms with Gasteiger partial charge in [-0.25, -0.2) is 9.59 Å². The zero-order valence-electron chi connectivity index (χ0n) is 46.1. The summed E-state index contributed by atoms with van der Waals surface area (Å²) in [5.74, 6) is -15.7. The molecule has 81 heavy (non-hydrogen) atoms. The Kier molecular flexibility index (Phi) is 36.1. The van der Waals surface area contributed by atoms with Crippen molar-refractivity contribution in [2.24, 2.45) is 11.5 Å². The first-order valence-corrected chi connectivity index (χ1v) is 27.7. The molecule has 20 N–H and O–H groups in total. The Balaban J connectivity index is 3.78. The fraction of sp³-hybridized carbons (Fsp3) is 0.740. The van der Waals surface area contributed by atoms with Crippen LogP contribution in [0.2, 0.25) is 0 Å². The van der Waals surface area contributed by atoms with Gasteiger partial charge in [0.2, 0.25) is 47.3 Å². The third-order valence-corrected chi connectivity index (χ3v) is 13.0. The topological polar surface area (TPSA) is 499 Å². The van der Waals surface area contributed by atoms with Crippen LogP contribution in [-0.2, 0) is 57.5 Å². The summed E-state index contributed by atoms with van der Waals surface area (Å²) in [7, 11) is 0. The second-order valence-electron chi connectivity index (χ2n) is 19.4. The number of carbonyl (C=O) groups excluding carboxylic acids is 10. The van der Waals surface area contributed by atoms with Gasteiger partial charge in [-0.1, -0.05) is 77.2 Å². The first-order chi connectivity index (χ1) is 38.4. The minimum atomic E-state index is -2.82. The van der Waals surface area contributed by atoms with Gasteiger partial charge in [-0.15, -0.1) is 11.6 Å². The number of nitrogens with two attached hydrogens (primary N) is 2. The van der Waals surface area contributed by atoms with E-state index in [9.17, 15) is 88.5 Å². The number of allylic oxidation sites excluding steroid dienone is 1. The molecule has 1 fully saturated rings. The van der Waals surface area contributed by atoms with Gasteiger partial charge in [0.15, 0.2) is 12.1 Å². The average Bonchev–Trinajstić information content (AvgIpc) is 3.43. The summed E-state index contributed by atoms with van der Waals surface area (Å²) >= 11 is 5.84. The number of hydrogen-bond donors (Lipinski definition) is 18. The predicted molar refractivity (Wildman–Crippen MR) is 288 cm³/mol. The van der Waals surface area contributed by atoms with Crippen molar-refractivity contribution in [2.75, 3.05) is 38.7 Å². The molecule has 8 unspecified atom stereocenters. The zero-order valence-corrected chi connectivity index (χ0v) is 46.9. The number of aliphatic hydroxyl groups excluding tert-OH is 6. The molecule has 9 amide bonds. The van der Waals surface area contributed by atoms with Crippen LogP contribution in [-0.4, -0.2) is 212 Å². The highest BCUT2D eigenvalue weighted by molar-refractivity contribution is 6.18. The minimum absolute atomic E-state index is 0.0144. The van der Waals surface area contributed by atoms with Gasteiger partial charge >= 0.3 is 11.9 Å². The number of carbonyl (C=O) groups is 11. The molecule has 1 heterocycles. The molecular formula is C50H86ClN11O19. The highest BCUT2D eigenvalue weighted by Crippen LogP contribution is 2.15. The molecule has 0 aliphatic carbocycles. The molecule has 0 saturated carbocycles. The summed E-state index contributed by atoms with van der Waals surface area (Å²) in [6.07, 6.45) is -0.364. The molecule has 1 aliphatic rings. The second-order valence-corrected chi connectivity index (χ2v) is 19.7. The first-order valence-electron chi connectivity index (χ1n) is 27.1. The Bertz CT molecular complexity index is 2090. The number of carboxylic acids is 1. The van der Waals surface area contributed by atoms with Gasteiger partial charge in [-0.05, 0) is 59.0 Å². The lowest BCUT2D eigenvalue weighted by Gasteiger charge is -2.28. The number of aliphatic hydroxyl groups is 6. The molecule has 1 rings (SSSR count). The van der Waals surface area contributed by atoms with E-state index in [0.717, 1.165) is 57.9 Å². The quantitative estimate of drug-likeness (QED) is 0.0158. The summed E-state index contributed by atoms with van der Waals surface area (Å²) < 4.78 is 5.24. The van der Waals surface area contributed by atoms with Gasteiger partial charge in [0.25, 0.3) is 5.91 Å². The van der Waals surface area contributed by atoms with Gasteiger partial charge in [-0.3, -0.25) is 43.2 Å². The Hall–Kier alpha value is -6.12. The average molecular weight is 1180 g/mol. The molecule has 1 aliphatic heterocycles. The molecule has 0 aromatic heterocycles. The number of aliphatic carboxylic acids is 1. The van der Waals surface area contributed by atoms with Crippen LogP contribution >= 0.6 is 11.6 Å². The van der Waals surface area contributed by atoms with Crippen molar-refractivity contribution in [3.8, 4) is 0 Å². The standard InChI is InChI=1S/C50H86ClN11O19/c1-4-6-7-8-9-10-11-12-13-14-17-33(65)34(66)23-36(68)56-32-26-81-50(80)39(35(67)24-51)61-48(77)40(41(70)49(78)79)62-43(72)28(5-2)57-47(76)38(27(3)64)60-45(74)29(16-15-20-52)58-44(73)31(19-22-63)55-37(69)25-54-42(71)30(18-21-53)59-46(32)75/h5,27,29-35,38-41,63-67,70H,4,6-26,52-53H2,1-3H3,(H,54,71)(H,55,69)(H,56,68)(H,57,76)(H,58,73)(H,59,75)(H,60,74)(H,61,77)(H,62,72)(H,78,79)/b28-5-/t27-,29?,30?,31?,32?,33?,34?,35+,38-,39?,40-,41?/m0/s1. The van der Waals surface area contributed by atoms with Crippen molar-refractivity contribution in [1.82, 2.24) is 47.9 Å². The van der Waals surface area contributed by atoms with Crippen molar-refractivity contribution in [2.45, 2.75) is 196 Å². The first kappa shape index (κ1) is 72.9. The fourth-order valence-electron chi connectivity index (χ4n) is 7.98. The molecule has 12 atom stereocenters. The maximum Gasteiger partial charge on any atom is 0.335 e. The van der Waals surface area contributed by atoms with Crippen LogP contribution in [0.25, 0.3) is 0 Å². The maximum absolute atomic E-state index is 14.0. The van der Waals surface area contributed by atoms with E-state index < -0.39 is 182 Å². The van der Waals surface area contributed by atoms with Crippen LogP contribution in [0.15, 0.2) is 11.8 Å². The molecule has 0 aromatic rings. The third-order valence-electron chi connectivity index (χ3n) is 12.7. The Labute approximate surface area is 474 Å². The monoisotopic (exact) mass is 1180 g/mol. The number of carboxylic acid groups (broad SMARTS) is 1. The Morgan fingerprint density at radius 1 is 0.679 bits per heavy atom. The SMILES string of the molecule is C/C=C1\NC(=O)[C@H]([C@H](C)O)NC(=O)C(CCCN)NC(=O)C(CCO)NC(=O)CNC(=O)C(CCN)NC(=O)C(NC(=O)CC(O)C(O)CCCCCCCCCCCC)COC(=O)C([C@H](O)CCl)NC(=O)[C@H](C(O)C(=O)O)NC1=O. The van der Waals surface area contributed by atoms with E-state index in [0.29, 0.717) is 6.42 Å². The van der Waals surface area contributed by atoms with Crippen LogP contribution in [0.1, 0.15) is 124 Å². The van der Waals surface area contributed by atoms with Gasteiger partial charge in [0.1, 0.15) is 48.6 Å². The molecule has 0 aromatic carbocycles.